The average Bonchev–Trinajstić information content (AvgIpc) is 2.31. The van der Waals surface area contributed by atoms with Gasteiger partial charge in [0.15, 0.2) is 0 Å². The minimum Gasteiger partial charge on any atom is -0.310 e. The number of nitrogens with one attached hydrogen (secondary N) is 1. The van der Waals surface area contributed by atoms with Crippen LogP contribution >= 0.6 is 0 Å². The summed E-state index contributed by atoms with van der Waals surface area (Å²) in [5.41, 5.74) is 1.94. The summed E-state index contributed by atoms with van der Waals surface area (Å²) in [5, 5.41) is 12.4. The topological polar surface area (TPSA) is 35.8 Å². The van der Waals surface area contributed by atoms with Crippen molar-refractivity contribution in [2.24, 2.45) is 5.92 Å². The zero-order chi connectivity index (χ0) is 12.1. The number of nitrogens with zero attached hydrogens (tertiary/aromatic N) is 1. The van der Waals surface area contributed by atoms with E-state index in [0.29, 0.717) is 6.04 Å². The van der Waals surface area contributed by atoms with E-state index in [-0.39, 0.29) is 0 Å². The Morgan fingerprint density at radius 2 is 2.29 bits per heavy atom. The van der Waals surface area contributed by atoms with Crippen LogP contribution in [0.25, 0.3) is 0 Å². The van der Waals surface area contributed by atoms with Gasteiger partial charge in [-0.3, -0.25) is 0 Å². The third-order valence-electron chi connectivity index (χ3n) is 3.62. The molecule has 1 aromatic rings. The first-order valence-corrected chi connectivity index (χ1v) is 6.50. The van der Waals surface area contributed by atoms with Crippen LogP contribution in [0.4, 0.5) is 0 Å². The van der Waals surface area contributed by atoms with Crippen molar-refractivity contribution in [3.05, 3.63) is 35.4 Å². The van der Waals surface area contributed by atoms with Gasteiger partial charge in [-0.2, -0.15) is 5.26 Å². The molecule has 1 atom stereocenters. The summed E-state index contributed by atoms with van der Waals surface area (Å²) in [6.45, 7) is 3.12. The van der Waals surface area contributed by atoms with Crippen molar-refractivity contribution in [3.8, 4) is 6.07 Å². The molecule has 0 aliphatic heterocycles. The number of hydrogen-bond acceptors (Lipinski definition) is 2. The van der Waals surface area contributed by atoms with Gasteiger partial charge in [-0.05, 0) is 37.0 Å². The van der Waals surface area contributed by atoms with Gasteiger partial charge in [-0.25, -0.2) is 0 Å². The molecule has 1 saturated carbocycles. The van der Waals surface area contributed by atoms with Crippen molar-refractivity contribution < 1.29 is 0 Å². The summed E-state index contributed by atoms with van der Waals surface area (Å²) in [6.07, 6.45) is 5.53. The highest BCUT2D eigenvalue weighted by molar-refractivity contribution is 5.32. The summed E-state index contributed by atoms with van der Waals surface area (Å²) in [7, 11) is 0. The summed E-state index contributed by atoms with van der Waals surface area (Å²) in [6, 6.07) is 10.6. The average molecular weight is 228 g/mol. The maximum Gasteiger partial charge on any atom is 0.0991 e. The van der Waals surface area contributed by atoms with Crippen molar-refractivity contribution in [2.75, 3.05) is 0 Å². The molecule has 0 aromatic heterocycles. The Kier molecular flexibility index (Phi) is 4.17. The van der Waals surface area contributed by atoms with Gasteiger partial charge < -0.3 is 5.32 Å². The third-order valence-corrected chi connectivity index (χ3v) is 3.62. The van der Waals surface area contributed by atoms with Crippen LogP contribution in [0.1, 0.15) is 43.7 Å². The quantitative estimate of drug-likeness (QED) is 0.840. The molecule has 0 saturated heterocycles. The molecule has 17 heavy (non-hydrogen) atoms. The lowest BCUT2D eigenvalue weighted by Crippen LogP contribution is -2.29. The van der Waals surface area contributed by atoms with E-state index < -0.39 is 0 Å². The Bertz CT molecular complexity index is 402. The molecule has 1 fully saturated rings. The molecule has 1 aliphatic carbocycles. The lowest BCUT2D eigenvalue weighted by atomic mass is 9.81. The molecule has 2 rings (SSSR count). The predicted molar refractivity (Wildman–Crippen MR) is 69.4 cm³/mol. The van der Waals surface area contributed by atoms with Gasteiger partial charge >= 0.3 is 0 Å². The second-order valence-corrected chi connectivity index (χ2v) is 5.13. The number of benzene rings is 1. The molecule has 90 valence electrons. The number of nitriles is 1. The van der Waals surface area contributed by atoms with E-state index in [4.69, 9.17) is 5.26 Å². The highest BCUT2D eigenvalue weighted by atomic mass is 14.9. The Morgan fingerprint density at radius 3 is 2.94 bits per heavy atom. The summed E-state index contributed by atoms with van der Waals surface area (Å²) < 4.78 is 0. The van der Waals surface area contributed by atoms with Crippen LogP contribution in [0.15, 0.2) is 24.3 Å². The summed E-state index contributed by atoms with van der Waals surface area (Å²) in [5.74, 6) is 0.947. The van der Waals surface area contributed by atoms with Crippen LogP contribution in [0, 0.1) is 17.2 Å². The van der Waals surface area contributed by atoms with Crippen LogP contribution < -0.4 is 5.32 Å². The highest BCUT2D eigenvalue weighted by Crippen LogP contribution is 2.30. The molecule has 1 unspecified atom stereocenters. The first-order valence-electron chi connectivity index (χ1n) is 6.50. The first kappa shape index (κ1) is 12.1. The standard InChI is InChI=1S/C15H20N2/c1-12(8-13-4-2-5-13)17-11-15-7-3-6-14(9-15)10-16/h3,6-7,9,12-13,17H,2,4-5,8,11H2,1H3. The zero-order valence-electron chi connectivity index (χ0n) is 10.4. The SMILES string of the molecule is CC(CC1CCC1)NCc1cccc(C#N)c1. The molecular weight excluding hydrogens is 208 g/mol. The van der Waals surface area contributed by atoms with Crippen molar-refractivity contribution >= 4 is 0 Å². The minimum atomic E-state index is 0.575. The van der Waals surface area contributed by atoms with E-state index in [2.05, 4.69) is 24.4 Å². The second-order valence-electron chi connectivity index (χ2n) is 5.13. The Morgan fingerprint density at radius 1 is 1.47 bits per heavy atom. The van der Waals surface area contributed by atoms with E-state index in [1.807, 2.05) is 18.2 Å². The molecule has 2 heteroatoms. The number of hydrogen-bond donors (Lipinski definition) is 1. The van der Waals surface area contributed by atoms with Gasteiger partial charge in [-0.15, -0.1) is 0 Å². The first-order chi connectivity index (χ1) is 8.28. The van der Waals surface area contributed by atoms with Crippen molar-refractivity contribution in [1.82, 2.24) is 5.32 Å². The fourth-order valence-electron chi connectivity index (χ4n) is 2.35. The van der Waals surface area contributed by atoms with Crippen molar-refractivity contribution in [2.45, 2.75) is 45.2 Å². The lowest BCUT2D eigenvalue weighted by molar-refractivity contribution is 0.265. The number of rotatable bonds is 5. The molecule has 0 spiro atoms. The van der Waals surface area contributed by atoms with Crippen LogP contribution in [0.5, 0.6) is 0 Å². The summed E-state index contributed by atoms with van der Waals surface area (Å²) in [4.78, 5) is 0. The molecule has 2 nitrogen and oxygen atoms in total. The monoisotopic (exact) mass is 228 g/mol. The van der Waals surface area contributed by atoms with Gasteiger partial charge in [0.05, 0.1) is 11.6 Å². The van der Waals surface area contributed by atoms with E-state index in [1.54, 1.807) is 0 Å². The van der Waals surface area contributed by atoms with Gasteiger partial charge in [0.1, 0.15) is 0 Å². The molecule has 1 N–H and O–H groups in total. The second kappa shape index (κ2) is 5.84. The van der Waals surface area contributed by atoms with E-state index >= 15 is 0 Å². The van der Waals surface area contributed by atoms with Crippen LogP contribution in [-0.2, 0) is 6.54 Å². The fraction of sp³-hybridized carbons (Fsp3) is 0.533. The molecular formula is C15H20N2. The normalized spacial score (nSPS) is 17.2. The fourth-order valence-corrected chi connectivity index (χ4v) is 2.35. The Labute approximate surface area is 104 Å². The predicted octanol–water partition coefficient (Wildman–Crippen LogP) is 3.23. The largest absolute Gasteiger partial charge is 0.310 e. The van der Waals surface area contributed by atoms with Crippen LogP contribution in [0.2, 0.25) is 0 Å². The molecule has 0 bridgehead atoms. The van der Waals surface area contributed by atoms with Gasteiger partial charge in [-0.1, -0.05) is 31.4 Å². The third kappa shape index (κ3) is 3.57. The van der Waals surface area contributed by atoms with E-state index in [0.717, 1.165) is 18.0 Å². The summed E-state index contributed by atoms with van der Waals surface area (Å²) >= 11 is 0. The smallest absolute Gasteiger partial charge is 0.0991 e. The molecule has 0 amide bonds. The highest BCUT2D eigenvalue weighted by Gasteiger charge is 2.19. The van der Waals surface area contributed by atoms with Crippen molar-refractivity contribution in [1.29, 1.82) is 5.26 Å². The molecule has 0 heterocycles. The molecule has 1 aliphatic rings. The zero-order valence-corrected chi connectivity index (χ0v) is 10.4. The van der Waals surface area contributed by atoms with E-state index in [1.165, 1.54) is 31.2 Å². The molecule has 1 aromatic carbocycles. The van der Waals surface area contributed by atoms with Crippen LogP contribution in [-0.4, -0.2) is 6.04 Å². The maximum atomic E-state index is 8.83. The maximum absolute atomic E-state index is 8.83. The Hall–Kier alpha value is -1.33. The molecule has 0 radical (unpaired) electrons. The lowest BCUT2D eigenvalue weighted by Gasteiger charge is -2.28. The van der Waals surface area contributed by atoms with Crippen molar-refractivity contribution in [3.63, 3.8) is 0 Å². The van der Waals surface area contributed by atoms with Gasteiger partial charge in [0.25, 0.3) is 0 Å². The van der Waals surface area contributed by atoms with E-state index in [9.17, 15) is 0 Å². The van der Waals surface area contributed by atoms with Crippen LogP contribution in [0.3, 0.4) is 0 Å². The van der Waals surface area contributed by atoms with Gasteiger partial charge in [0, 0.05) is 12.6 Å². The minimum absolute atomic E-state index is 0.575. The van der Waals surface area contributed by atoms with Gasteiger partial charge in [0.2, 0.25) is 0 Å². The Balaban J connectivity index is 1.78.